The SMILES string of the molecule is CCN(C(=O)OC(C)(C)C)c1cc(F)cc2c1NC(=O)C2(C)N1CCC[C@@H](NC(=O)C2CC3(C2)CN(B(C)O)C3)C1. The summed E-state index contributed by atoms with van der Waals surface area (Å²) in [5.41, 5.74) is -0.601. The molecule has 3 amide bonds. The number of nitrogens with one attached hydrogen (secondary N) is 2. The molecule has 1 aromatic carbocycles. The zero-order chi connectivity index (χ0) is 29.9. The van der Waals surface area contributed by atoms with Gasteiger partial charge in [0.2, 0.25) is 11.8 Å². The average molecular weight is 572 g/mol. The van der Waals surface area contributed by atoms with E-state index in [1.54, 1.807) is 41.4 Å². The first kappa shape index (κ1) is 29.8. The van der Waals surface area contributed by atoms with Crippen LogP contribution in [0.25, 0.3) is 0 Å². The molecule has 3 aliphatic heterocycles. The molecule has 41 heavy (non-hydrogen) atoms. The van der Waals surface area contributed by atoms with Crippen LogP contribution >= 0.6 is 0 Å². The van der Waals surface area contributed by atoms with Crippen molar-refractivity contribution in [2.75, 3.05) is 42.9 Å². The van der Waals surface area contributed by atoms with E-state index in [2.05, 4.69) is 10.6 Å². The number of nitrogens with zero attached hydrogens (tertiary/aromatic N) is 3. The molecule has 1 spiro atoms. The third kappa shape index (κ3) is 5.46. The van der Waals surface area contributed by atoms with Crippen LogP contribution in [0.5, 0.6) is 0 Å². The Labute approximate surface area is 242 Å². The van der Waals surface area contributed by atoms with Crippen LogP contribution in [0.4, 0.5) is 20.6 Å². The minimum atomic E-state index is -1.17. The van der Waals surface area contributed by atoms with Crippen molar-refractivity contribution in [3.05, 3.63) is 23.5 Å². The molecule has 3 N–H and O–H groups in total. The van der Waals surface area contributed by atoms with Gasteiger partial charge in [0, 0.05) is 30.6 Å². The lowest BCUT2D eigenvalue weighted by molar-refractivity contribution is -0.141. The Kier molecular flexibility index (Phi) is 7.66. The first-order valence-electron chi connectivity index (χ1n) is 14.8. The van der Waals surface area contributed by atoms with E-state index in [4.69, 9.17) is 4.74 Å². The summed E-state index contributed by atoms with van der Waals surface area (Å²) < 4.78 is 20.6. The number of fused-ring (bicyclic) bond motifs is 1. The van der Waals surface area contributed by atoms with Gasteiger partial charge in [-0.2, -0.15) is 0 Å². The van der Waals surface area contributed by atoms with Gasteiger partial charge in [0.15, 0.2) is 0 Å². The molecule has 224 valence electrons. The number of ether oxygens (including phenoxy) is 1. The number of likely N-dealkylation sites (tertiary alicyclic amines) is 1. The summed E-state index contributed by atoms with van der Waals surface area (Å²) in [7, 11) is -0.451. The third-order valence-electron chi connectivity index (χ3n) is 9.24. The highest BCUT2D eigenvalue weighted by Gasteiger charge is 2.56. The summed E-state index contributed by atoms with van der Waals surface area (Å²) in [6.07, 6.45) is 2.63. The normalized spacial score (nSPS) is 26.0. The minimum Gasteiger partial charge on any atom is -0.443 e. The molecule has 1 aliphatic carbocycles. The Balaban J connectivity index is 1.30. The first-order chi connectivity index (χ1) is 19.2. The van der Waals surface area contributed by atoms with Crippen LogP contribution in [0.3, 0.4) is 0 Å². The molecule has 0 radical (unpaired) electrons. The molecule has 12 heteroatoms. The molecule has 4 aliphatic rings. The summed E-state index contributed by atoms with van der Waals surface area (Å²) >= 11 is 0. The Bertz CT molecular complexity index is 1220. The number of carbonyl (C=O) groups excluding carboxylic acids is 3. The van der Waals surface area contributed by atoms with Crippen molar-refractivity contribution in [1.82, 2.24) is 15.0 Å². The fourth-order valence-corrected chi connectivity index (χ4v) is 7.04. The largest absolute Gasteiger partial charge is 0.443 e. The van der Waals surface area contributed by atoms with Crippen molar-refractivity contribution < 1.29 is 28.5 Å². The van der Waals surface area contributed by atoms with Crippen molar-refractivity contribution in [2.45, 2.75) is 84.3 Å². The lowest BCUT2D eigenvalue weighted by Gasteiger charge is -2.59. The molecule has 3 heterocycles. The van der Waals surface area contributed by atoms with E-state index in [1.807, 2.05) is 9.71 Å². The predicted octanol–water partition coefficient (Wildman–Crippen LogP) is 3.16. The van der Waals surface area contributed by atoms with Gasteiger partial charge in [-0.05, 0) is 104 Å². The number of piperidine rings is 1. The van der Waals surface area contributed by atoms with Gasteiger partial charge in [-0.15, -0.1) is 0 Å². The maximum Gasteiger partial charge on any atom is 0.414 e. The van der Waals surface area contributed by atoms with E-state index in [9.17, 15) is 19.4 Å². The predicted molar refractivity (Wildman–Crippen MR) is 155 cm³/mol. The second-order valence-electron chi connectivity index (χ2n) is 13.5. The lowest BCUT2D eigenvalue weighted by Crippen LogP contribution is -2.67. The topological polar surface area (TPSA) is 114 Å². The van der Waals surface area contributed by atoms with Gasteiger partial charge in [0.05, 0.1) is 11.4 Å². The van der Waals surface area contributed by atoms with Crippen LogP contribution < -0.4 is 15.5 Å². The summed E-state index contributed by atoms with van der Waals surface area (Å²) in [4.78, 5) is 45.0. The molecule has 0 aromatic heterocycles. The van der Waals surface area contributed by atoms with Gasteiger partial charge in [-0.3, -0.25) is 19.4 Å². The van der Waals surface area contributed by atoms with E-state index < -0.39 is 30.1 Å². The third-order valence-corrected chi connectivity index (χ3v) is 9.24. The maximum atomic E-state index is 15.1. The van der Waals surface area contributed by atoms with Crippen molar-refractivity contribution in [2.24, 2.45) is 11.3 Å². The Morgan fingerprint density at radius 3 is 2.59 bits per heavy atom. The zero-order valence-corrected chi connectivity index (χ0v) is 25.1. The number of carbonyl (C=O) groups is 3. The summed E-state index contributed by atoms with van der Waals surface area (Å²) in [5.74, 6) is -0.824. The van der Waals surface area contributed by atoms with Gasteiger partial charge in [-0.25, -0.2) is 9.18 Å². The second kappa shape index (κ2) is 10.5. The molecule has 5 rings (SSSR count). The fraction of sp³-hybridized carbons (Fsp3) is 0.690. The van der Waals surface area contributed by atoms with Crippen molar-refractivity contribution in [3.8, 4) is 0 Å². The van der Waals surface area contributed by atoms with Gasteiger partial charge in [0.1, 0.15) is 17.0 Å². The highest BCUT2D eigenvalue weighted by atomic mass is 19.1. The average Bonchev–Trinajstić information content (AvgIpc) is 3.07. The van der Waals surface area contributed by atoms with Gasteiger partial charge in [-0.1, -0.05) is 0 Å². The van der Waals surface area contributed by atoms with Crippen LogP contribution in [0, 0.1) is 17.2 Å². The molecule has 1 aromatic rings. The molecule has 2 saturated heterocycles. The van der Waals surface area contributed by atoms with Crippen LogP contribution in [-0.4, -0.2) is 84.1 Å². The van der Waals surface area contributed by atoms with E-state index in [0.717, 1.165) is 38.8 Å². The molecular weight excluding hydrogens is 528 g/mol. The van der Waals surface area contributed by atoms with Crippen LogP contribution in [0.15, 0.2) is 12.1 Å². The van der Waals surface area contributed by atoms with Gasteiger partial charge < -0.3 is 25.2 Å². The zero-order valence-electron chi connectivity index (χ0n) is 25.1. The van der Waals surface area contributed by atoms with Crippen molar-refractivity contribution in [3.63, 3.8) is 0 Å². The fourth-order valence-electron chi connectivity index (χ4n) is 7.04. The lowest BCUT2D eigenvalue weighted by atomic mass is 9.55. The molecule has 0 bridgehead atoms. The number of anilines is 2. The van der Waals surface area contributed by atoms with Crippen molar-refractivity contribution in [1.29, 1.82) is 0 Å². The Morgan fingerprint density at radius 2 is 1.98 bits per heavy atom. The quantitative estimate of drug-likeness (QED) is 0.450. The van der Waals surface area contributed by atoms with E-state index in [-0.39, 0.29) is 41.4 Å². The summed E-state index contributed by atoms with van der Waals surface area (Å²) in [5, 5.41) is 15.9. The second-order valence-corrected chi connectivity index (χ2v) is 13.5. The number of benzene rings is 1. The highest BCUT2D eigenvalue weighted by molar-refractivity contribution is 6.45. The molecule has 1 unspecified atom stereocenters. The smallest absolute Gasteiger partial charge is 0.414 e. The van der Waals surface area contributed by atoms with E-state index >= 15 is 4.39 Å². The highest BCUT2D eigenvalue weighted by Crippen LogP contribution is 2.52. The van der Waals surface area contributed by atoms with Crippen molar-refractivity contribution >= 4 is 36.3 Å². The Hall–Kier alpha value is -2.70. The van der Waals surface area contributed by atoms with E-state index in [1.165, 1.54) is 17.0 Å². The van der Waals surface area contributed by atoms with Crippen LogP contribution in [0.1, 0.15) is 65.9 Å². The Morgan fingerprint density at radius 1 is 1.29 bits per heavy atom. The molecule has 2 atom stereocenters. The molecular formula is C29H43BFN5O5. The minimum absolute atomic E-state index is 0.0304. The van der Waals surface area contributed by atoms with Crippen LogP contribution in [0.2, 0.25) is 6.82 Å². The number of halogens is 1. The van der Waals surface area contributed by atoms with Gasteiger partial charge >= 0.3 is 13.1 Å². The summed E-state index contributed by atoms with van der Waals surface area (Å²) in [6, 6.07) is 2.50. The number of hydrogen-bond donors (Lipinski definition) is 3. The van der Waals surface area contributed by atoms with E-state index in [0.29, 0.717) is 24.3 Å². The maximum absolute atomic E-state index is 15.1. The number of amides is 3. The van der Waals surface area contributed by atoms with Crippen LogP contribution in [-0.2, 0) is 19.9 Å². The molecule has 3 fully saturated rings. The standard InChI is InChI=1S/C29H43BFN5O5/c1-7-36(26(39)41-27(2,3)4)22-12-19(31)11-21-23(22)33-25(38)28(21,5)34-10-8-9-20(15-34)32-24(37)18-13-29(14-18)16-35(17-29)30(6)40/h11-12,18,20,40H,7-10,13-17H2,1-6H3,(H,32,37)(H,33,38)/t20-,28?/m1/s1. The van der Waals surface area contributed by atoms with Gasteiger partial charge in [0.25, 0.3) is 0 Å². The number of hydrogen-bond acceptors (Lipinski definition) is 7. The first-order valence-corrected chi connectivity index (χ1v) is 14.8. The molecule has 1 saturated carbocycles. The molecule has 10 nitrogen and oxygen atoms in total. The number of rotatable bonds is 6. The monoisotopic (exact) mass is 571 g/mol. The summed E-state index contributed by atoms with van der Waals surface area (Å²) in [6.45, 7) is 13.6.